The summed E-state index contributed by atoms with van der Waals surface area (Å²) >= 11 is 0. The lowest BCUT2D eigenvalue weighted by Gasteiger charge is -2.00. The summed E-state index contributed by atoms with van der Waals surface area (Å²) in [6.07, 6.45) is 0.966. The monoisotopic (exact) mass is 808 g/mol. The zero-order chi connectivity index (χ0) is 38.9. The lowest BCUT2D eigenvalue weighted by atomic mass is 10.1. The van der Waals surface area contributed by atoms with Crippen LogP contribution in [-0.4, -0.2) is 55.1 Å². The lowest BCUT2D eigenvalue weighted by Crippen LogP contribution is -2.01. The minimum absolute atomic E-state index is 0.0648. The Kier molecular flexibility index (Phi) is 27.4. The fourth-order valence-corrected chi connectivity index (χ4v) is 3.49. The molecule has 0 saturated heterocycles. The summed E-state index contributed by atoms with van der Waals surface area (Å²) in [6, 6.07) is 28.5. The van der Waals surface area contributed by atoms with Gasteiger partial charge in [-0.05, 0) is 30.2 Å². The van der Waals surface area contributed by atoms with Crippen molar-refractivity contribution >= 4 is 52.2 Å². The molecule has 0 saturated carbocycles. The van der Waals surface area contributed by atoms with E-state index < -0.39 is 46.9 Å². The van der Waals surface area contributed by atoms with Gasteiger partial charge in [-0.1, -0.05) is 98.1 Å². The second-order valence-electron chi connectivity index (χ2n) is 8.36. The summed E-state index contributed by atoms with van der Waals surface area (Å²) in [5.74, 6) is 0.604. The Morgan fingerprint density at radius 2 is 0.959 bits per heavy atom. The number of allylic oxidation sites excluding steroid dienone is 2. The van der Waals surface area contributed by atoms with E-state index in [2.05, 4.69) is 72.6 Å². The average Bonchev–Trinajstić information content (AvgIpc) is 2.98. The Morgan fingerprint density at radius 1 is 0.673 bits per heavy atom. The van der Waals surface area contributed by atoms with Crippen molar-refractivity contribution in [3.8, 4) is 11.1 Å². The van der Waals surface area contributed by atoms with E-state index in [0.29, 0.717) is 5.82 Å². The van der Waals surface area contributed by atoms with Crippen LogP contribution in [0.4, 0.5) is 0 Å². The number of hydrogen-bond acceptors (Lipinski definition) is 7. The molecule has 0 fully saturated rings. The summed E-state index contributed by atoms with van der Waals surface area (Å²) in [5, 5.41) is -0.0255. The van der Waals surface area contributed by atoms with Gasteiger partial charge >= 0.3 is 46.9 Å². The minimum atomic E-state index is -4.02. The molecule has 3 rings (SSSR count). The standard InChI is InChI=1S/C12H10.C6H7O3P.2C3H7O3P.C2H5O3P.O5P2/c1-3-7-11(8-4-1)12-9-5-2-6-10-12;7-10(8,9)6-4-2-1-3-5-6;1-3(2)7(4,5)6;1-2-3-7(4,5)6;1-2-6(3,4)5;1-6(2)5-7(3)4/h1-10H;1-5H,(H2,7,8,9);1H2,2H3,(H2,4,5,6);2H,1,3H2,(H2,4,5,6);2H,1H2,(H2,3,4,5);/p+2. The highest BCUT2D eigenvalue weighted by atomic mass is 31.2. The zero-order valence-corrected chi connectivity index (χ0v) is 31.0. The van der Waals surface area contributed by atoms with Crippen molar-refractivity contribution in [1.29, 1.82) is 0 Å². The molecule has 272 valence electrons. The predicted octanol–water partition coefficient (Wildman–Crippen LogP) is 5.50. The van der Waals surface area contributed by atoms with Crippen LogP contribution in [0.1, 0.15) is 6.92 Å². The highest BCUT2D eigenvalue weighted by Gasteiger charge is 2.31. The minimum Gasteiger partial charge on any atom is -0.324 e. The van der Waals surface area contributed by atoms with E-state index in [4.69, 9.17) is 48.9 Å². The van der Waals surface area contributed by atoms with Gasteiger partial charge in [0.25, 0.3) is 0 Å². The molecule has 17 nitrogen and oxygen atoms in total. The Bertz CT molecular complexity index is 1560. The molecule has 0 amide bonds. The van der Waals surface area contributed by atoms with Crippen molar-refractivity contribution in [2.75, 3.05) is 6.16 Å². The molecule has 0 heterocycles. The van der Waals surface area contributed by atoms with Crippen LogP contribution in [-0.2, 0) is 31.7 Å². The summed E-state index contributed by atoms with van der Waals surface area (Å²) in [4.78, 5) is 80.5. The van der Waals surface area contributed by atoms with Gasteiger partial charge in [-0.15, -0.1) is 16.4 Å². The van der Waals surface area contributed by atoms with Crippen LogP contribution in [0.2, 0.25) is 0 Å². The number of benzene rings is 3. The average molecular weight is 808 g/mol. The number of hydrogen-bond donors (Lipinski definition) is 10. The molecule has 0 aliphatic carbocycles. The number of rotatable bonds is 8. The summed E-state index contributed by atoms with van der Waals surface area (Å²) in [7, 11) is -21.5. The first-order valence-corrected chi connectivity index (χ1v) is 21.5. The molecule has 0 aromatic heterocycles. The highest BCUT2D eigenvalue weighted by molar-refractivity contribution is 7.60. The third kappa shape index (κ3) is 36.7. The van der Waals surface area contributed by atoms with E-state index in [9.17, 15) is 27.4 Å². The van der Waals surface area contributed by atoms with Gasteiger partial charge in [0.1, 0.15) is 0 Å². The van der Waals surface area contributed by atoms with Crippen LogP contribution in [0.15, 0.2) is 128 Å². The molecule has 0 aliphatic heterocycles. The predicted molar refractivity (Wildman–Crippen MR) is 187 cm³/mol. The van der Waals surface area contributed by atoms with Gasteiger partial charge < -0.3 is 39.1 Å². The van der Waals surface area contributed by atoms with Crippen molar-refractivity contribution in [1.82, 2.24) is 0 Å². The van der Waals surface area contributed by atoms with E-state index >= 15 is 0 Å². The molecular formula is C26H38O17P6+2. The molecule has 23 heteroatoms. The van der Waals surface area contributed by atoms with Gasteiger partial charge in [0.2, 0.25) is 0 Å². The smallest absolute Gasteiger partial charge is 0.324 e. The fraction of sp³-hybridized carbons (Fsp3) is 0.0769. The topological polar surface area (TPSA) is 314 Å². The molecular weight excluding hydrogens is 770 g/mol. The SMILES string of the molecule is C=C(C)P(=O)(O)O.C=CCP(=O)(O)O.C=CP(=O)(O)O.O=P(O)(O)c1ccccc1.O=[P+](O)O[P+](=O)O.c1ccc(-c2ccccc2)cc1. The molecule has 0 bridgehead atoms. The zero-order valence-electron chi connectivity index (χ0n) is 25.7. The van der Waals surface area contributed by atoms with Crippen LogP contribution < -0.4 is 5.30 Å². The normalized spacial score (nSPS) is 11.2. The van der Waals surface area contributed by atoms with Crippen molar-refractivity contribution in [2.24, 2.45) is 0 Å². The molecule has 10 N–H and O–H groups in total. The van der Waals surface area contributed by atoms with Gasteiger partial charge in [-0.25, -0.2) is 0 Å². The maximum atomic E-state index is 10.5. The van der Waals surface area contributed by atoms with Gasteiger partial charge in [0.05, 0.1) is 11.5 Å². The first-order chi connectivity index (χ1) is 22.3. The Balaban J connectivity index is -0.000000530. The van der Waals surface area contributed by atoms with E-state index in [1.54, 1.807) is 18.2 Å². The van der Waals surface area contributed by atoms with Crippen LogP contribution in [0.25, 0.3) is 11.1 Å². The Hall–Kier alpha value is -2.44. The maximum Gasteiger partial charge on any atom is 0.745 e. The third-order valence-electron chi connectivity index (χ3n) is 4.22. The summed E-state index contributed by atoms with van der Waals surface area (Å²) in [6.45, 7) is 10.4. The van der Waals surface area contributed by atoms with E-state index in [0.717, 1.165) is 0 Å². The van der Waals surface area contributed by atoms with E-state index in [-0.39, 0.29) is 16.8 Å². The first-order valence-electron chi connectivity index (χ1n) is 12.5. The molecule has 3 aromatic rings. The second kappa shape index (κ2) is 26.4. The van der Waals surface area contributed by atoms with Gasteiger partial charge in [0, 0.05) is 20.3 Å². The van der Waals surface area contributed by atoms with Gasteiger partial charge in [-0.2, -0.15) is 0 Å². The van der Waals surface area contributed by atoms with Crippen LogP contribution in [0, 0.1) is 0 Å². The van der Waals surface area contributed by atoms with E-state index in [1.807, 2.05) is 12.1 Å². The Morgan fingerprint density at radius 3 is 1.08 bits per heavy atom. The van der Waals surface area contributed by atoms with Crippen LogP contribution >= 0.6 is 46.9 Å². The molecule has 2 unspecified atom stereocenters. The van der Waals surface area contributed by atoms with Crippen molar-refractivity contribution in [3.05, 3.63) is 128 Å². The molecule has 0 aliphatic rings. The highest BCUT2D eigenvalue weighted by Crippen LogP contribution is 2.42. The summed E-state index contributed by atoms with van der Waals surface area (Å²) < 4.78 is 62.0. The molecule has 2 atom stereocenters. The maximum absolute atomic E-state index is 10.5. The fourth-order valence-electron chi connectivity index (χ4n) is 2.11. The second-order valence-corrected chi connectivity index (χ2v) is 16.7. The molecule has 0 radical (unpaired) electrons. The van der Waals surface area contributed by atoms with Gasteiger partial charge in [-0.3, -0.25) is 18.3 Å². The van der Waals surface area contributed by atoms with Crippen molar-refractivity contribution in [3.63, 3.8) is 0 Å². The van der Waals surface area contributed by atoms with Gasteiger partial charge in [0.15, 0.2) is 4.31 Å². The van der Waals surface area contributed by atoms with E-state index in [1.165, 1.54) is 36.3 Å². The van der Waals surface area contributed by atoms with Crippen LogP contribution in [0.5, 0.6) is 0 Å². The summed E-state index contributed by atoms with van der Waals surface area (Å²) in [5.41, 5.74) is 2.55. The van der Waals surface area contributed by atoms with Crippen molar-refractivity contribution < 1.29 is 80.6 Å². The van der Waals surface area contributed by atoms with Crippen molar-refractivity contribution in [2.45, 2.75) is 6.92 Å². The molecule has 3 aromatic carbocycles. The first kappa shape index (κ1) is 50.9. The lowest BCUT2D eigenvalue weighted by molar-refractivity contribution is 0.370. The van der Waals surface area contributed by atoms with Crippen LogP contribution in [0.3, 0.4) is 0 Å². The Labute approximate surface area is 284 Å². The third-order valence-corrected chi connectivity index (χ3v) is 8.51. The molecule has 0 spiro atoms. The molecule has 49 heavy (non-hydrogen) atoms. The quantitative estimate of drug-likeness (QED) is 0.0992. The largest absolute Gasteiger partial charge is 0.745 e.